The Morgan fingerprint density at radius 2 is 1.20 bits per heavy atom. The molecule has 1 saturated heterocycles. The number of carbonyl (C=O) groups is 2. The van der Waals surface area contributed by atoms with Crippen molar-refractivity contribution in [2.75, 3.05) is 14.2 Å². The Morgan fingerprint density at radius 3 is 1.67 bits per heavy atom. The molecule has 5 aromatic carbocycles. The summed E-state index contributed by atoms with van der Waals surface area (Å²) in [4.78, 5) is 29.5. The van der Waals surface area contributed by atoms with E-state index < -0.39 is 34.0 Å². The van der Waals surface area contributed by atoms with E-state index in [2.05, 4.69) is 48.5 Å². The third kappa shape index (κ3) is 9.85. The quantitative estimate of drug-likeness (QED) is 0.0410. The summed E-state index contributed by atoms with van der Waals surface area (Å²) in [6.07, 6.45) is 1.54. The van der Waals surface area contributed by atoms with Crippen molar-refractivity contribution in [3.63, 3.8) is 0 Å². The number of nitrogens with zero attached hydrogens (tertiary/aromatic N) is 1. The molecule has 9 heteroatoms. The lowest BCUT2D eigenvalue weighted by molar-refractivity contribution is -0.168. The number of likely N-dealkylation sites (tertiary alicyclic amines) is 1. The summed E-state index contributed by atoms with van der Waals surface area (Å²) in [6.45, 7) is 3.78. The van der Waals surface area contributed by atoms with E-state index in [1.54, 1.807) is 21.1 Å². The van der Waals surface area contributed by atoms with Crippen LogP contribution in [0.5, 0.6) is 11.5 Å². The van der Waals surface area contributed by atoms with Crippen molar-refractivity contribution < 1.29 is 33.0 Å². The minimum absolute atomic E-state index is 0.0710. The predicted octanol–water partition coefficient (Wildman–Crippen LogP) is 8.22. The molecule has 1 fully saturated rings. The maximum absolute atomic E-state index is 14.6. The van der Waals surface area contributed by atoms with E-state index in [0.717, 1.165) is 28.2 Å². The normalized spacial score (nSPS) is 16.2. The summed E-state index contributed by atoms with van der Waals surface area (Å²) in [5.41, 5.74) is 5.42. The minimum Gasteiger partial charge on any atom is -0.550 e. The molecular weight excluding hydrogens is 707 g/mol. The number of allylic oxidation sites excluding steroid dienone is 1. The topological polar surface area (TPSA) is 83.5 Å². The lowest BCUT2D eigenvalue weighted by Crippen LogP contribution is -2.69. The van der Waals surface area contributed by atoms with Crippen molar-refractivity contribution in [2.45, 2.75) is 57.0 Å². The zero-order valence-corrected chi connectivity index (χ0v) is 33.3. The van der Waals surface area contributed by atoms with Crippen LogP contribution in [0.1, 0.15) is 47.2 Å². The van der Waals surface area contributed by atoms with Crippen molar-refractivity contribution in [1.82, 2.24) is 4.90 Å². The Balaban J connectivity index is 1.31. The Kier molecular flexibility index (Phi) is 13.4. The number of methoxy groups -OCH3 is 2. The van der Waals surface area contributed by atoms with Crippen LogP contribution in [-0.2, 0) is 38.1 Å². The largest absolute Gasteiger partial charge is 0.550 e. The second-order valence-electron chi connectivity index (χ2n) is 13.7. The van der Waals surface area contributed by atoms with Gasteiger partial charge in [-0.2, -0.15) is 0 Å². The van der Waals surface area contributed by atoms with E-state index in [4.69, 9.17) is 23.4 Å². The molecule has 0 aliphatic carbocycles. The fourth-order valence-electron chi connectivity index (χ4n) is 7.30. The SMILES string of the molecule is CC=C(O[SiH2]C(c1ccccc1)c1ccccc1)[C@@H]1[C@@H]([C@@H](C)OC(=O)OCc2ccccc2)C(=O)N1C(Cc1ccc(OC)cc1)Cc1ccc(OC)cc1. The van der Waals surface area contributed by atoms with Gasteiger partial charge in [0.15, 0.2) is 0 Å². The number of carbonyl (C=O) groups excluding carboxylic acids is 2. The third-order valence-corrected chi connectivity index (χ3v) is 12.0. The predicted molar refractivity (Wildman–Crippen MR) is 217 cm³/mol. The molecule has 0 radical (unpaired) electrons. The molecule has 1 amide bonds. The molecule has 8 nitrogen and oxygen atoms in total. The number of β-lactam (4-membered cyclic amide) rings is 1. The highest BCUT2D eigenvalue weighted by molar-refractivity contribution is 6.31. The van der Waals surface area contributed by atoms with Crippen molar-refractivity contribution >= 4 is 21.8 Å². The van der Waals surface area contributed by atoms with Gasteiger partial charge in [-0.05, 0) is 84.8 Å². The van der Waals surface area contributed by atoms with Gasteiger partial charge in [0.25, 0.3) is 0 Å². The van der Waals surface area contributed by atoms with E-state index in [1.165, 1.54) is 11.1 Å². The average molecular weight is 756 g/mol. The highest BCUT2D eigenvalue weighted by Crippen LogP contribution is 2.40. The van der Waals surface area contributed by atoms with Crippen LogP contribution < -0.4 is 9.47 Å². The molecule has 0 bridgehead atoms. The summed E-state index contributed by atoms with van der Waals surface area (Å²) >= 11 is 0. The van der Waals surface area contributed by atoms with Crippen LogP contribution in [-0.4, -0.2) is 59.1 Å². The third-order valence-electron chi connectivity index (χ3n) is 10.2. The lowest BCUT2D eigenvalue weighted by atomic mass is 9.78. The Morgan fingerprint density at radius 1 is 0.709 bits per heavy atom. The van der Waals surface area contributed by atoms with Gasteiger partial charge in [0, 0.05) is 11.6 Å². The number of hydrogen-bond donors (Lipinski definition) is 0. The second-order valence-corrected chi connectivity index (χ2v) is 15.1. The second kappa shape index (κ2) is 19.0. The summed E-state index contributed by atoms with van der Waals surface area (Å²) in [6, 6.07) is 45.4. The molecule has 0 spiro atoms. The van der Waals surface area contributed by atoms with E-state index in [9.17, 15) is 9.59 Å². The first kappa shape index (κ1) is 38.9. The number of hydrogen-bond acceptors (Lipinski definition) is 7. The molecule has 1 heterocycles. The van der Waals surface area contributed by atoms with Gasteiger partial charge in [-0.1, -0.05) is 115 Å². The smallest absolute Gasteiger partial charge is 0.508 e. The molecule has 0 unspecified atom stereocenters. The lowest BCUT2D eigenvalue weighted by Gasteiger charge is -2.53. The fraction of sp³-hybridized carbons (Fsp3) is 0.261. The van der Waals surface area contributed by atoms with Crippen LogP contribution in [0.25, 0.3) is 0 Å². The van der Waals surface area contributed by atoms with Crippen molar-refractivity contribution in [1.29, 1.82) is 0 Å². The Labute approximate surface area is 326 Å². The van der Waals surface area contributed by atoms with Gasteiger partial charge in [-0.15, -0.1) is 0 Å². The molecule has 5 aromatic rings. The molecule has 55 heavy (non-hydrogen) atoms. The Hall–Kier alpha value is -5.80. The van der Waals surface area contributed by atoms with Crippen LogP contribution in [0.4, 0.5) is 4.79 Å². The molecule has 1 aliphatic rings. The van der Waals surface area contributed by atoms with Gasteiger partial charge in [0.1, 0.15) is 36.2 Å². The maximum Gasteiger partial charge on any atom is 0.508 e. The van der Waals surface area contributed by atoms with Crippen molar-refractivity contribution in [2.24, 2.45) is 5.92 Å². The summed E-state index contributed by atoms with van der Waals surface area (Å²) in [7, 11) is 1.98. The number of ether oxygens (including phenoxy) is 4. The van der Waals surface area contributed by atoms with Gasteiger partial charge in [-0.3, -0.25) is 4.79 Å². The number of benzene rings is 5. The van der Waals surface area contributed by atoms with Gasteiger partial charge < -0.3 is 28.3 Å². The van der Waals surface area contributed by atoms with Crippen LogP contribution in [0.3, 0.4) is 0 Å². The molecular formula is C46H49NO7Si. The van der Waals surface area contributed by atoms with Crippen LogP contribution in [0.2, 0.25) is 0 Å². The van der Waals surface area contributed by atoms with Crippen molar-refractivity contribution in [3.8, 4) is 11.5 Å². The van der Waals surface area contributed by atoms with E-state index >= 15 is 0 Å². The minimum atomic E-state index is -1.31. The van der Waals surface area contributed by atoms with Crippen LogP contribution in [0, 0.1) is 5.92 Å². The van der Waals surface area contributed by atoms with Crippen molar-refractivity contribution in [3.05, 3.63) is 179 Å². The first-order chi connectivity index (χ1) is 26.9. The molecule has 0 N–H and O–H groups in total. The zero-order valence-electron chi connectivity index (χ0n) is 31.9. The number of amides is 1. The molecule has 284 valence electrons. The fourth-order valence-corrected chi connectivity index (χ4v) is 8.93. The van der Waals surface area contributed by atoms with Crippen LogP contribution >= 0.6 is 0 Å². The van der Waals surface area contributed by atoms with E-state index in [1.807, 2.05) is 109 Å². The van der Waals surface area contributed by atoms with Gasteiger partial charge in [0.05, 0.1) is 20.0 Å². The highest BCUT2D eigenvalue weighted by atomic mass is 28.2. The zero-order chi connectivity index (χ0) is 38.6. The van der Waals surface area contributed by atoms with Gasteiger partial charge >= 0.3 is 6.16 Å². The standard InChI is InChI=1S/C46H49NO7Si/c1-5-41(54-55-44(36-17-11-7-12-18-36)37-19-13-8-14-20-37)43-42(32(2)53-46(49)52-31-35-15-9-6-10-16-35)45(48)47(43)38(29-33-21-25-39(50-3)26-22-33)30-34-23-27-40(51-4)28-24-34/h5-28,32,38,42-44H,29-31,55H2,1-4H3/t32-,42-,43-/m1/s1. The molecule has 1 aliphatic heterocycles. The van der Waals surface area contributed by atoms with E-state index in [-0.39, 0.29) is 24.1 Å². The summed E-state index contributed by atoms with van der Waals surface area (Å²) in [5, 5.41) is 0. The molecule has 0 aromatic heterocycles. The van der Waals surface area contributed by atoms with Gasteiger partial charge in [-0.25, -0.2) is 4.79 Å². The van der Waals surface area contributed by atoms with Gasteiger partial charge in [0.2, 0.25) is 15.7 Å². The first-order valence-electron chi connectivity index (χ1n) is 18.7. The molecule has 0 saturated carbocycles. The van der Waals surface area contributed by atoms with E-state index in [0.29, 0.717) is 18.6 Å². The highest BCUT2D eigenvalue weighted by Gasteiger charge is 2.56. The monoisotopic (exact) mass is 755 g/mol. The summed E-state index contributed by atoms with van der Waals surface area (Å²) < 4.78 is 29.1. The molecule has 3 atom stereocenters. The average Bonchev–Trinajstić information content (AvgIpc) is 3.22. The number of rotatable bonds is 17. The summed E-state index contributed by atoms with van der Waals surface area (Å²) in [5.74, 6) is 1.45. The maximum atomic E-state index is 14.6. The van der Waals surface area contributed by atoms with Crippen LogP contribution in [0.15, 0.2) is 151 Å². The first-order valence-corrected chi connectivity index (χ1v) is 20.1. The molecule has 6 rings (SSSR count). The Bertz CT molecular complexity index is 1900.